The smallest absolute Gasteiger partial charge is 0.312 e. The van der Waals surface area contributed by atoms with Crippen LogP contribution in [0.2, 0.25) is 0 Å². The van der Waals surface area contributed by atoms with E-state index in [1.165, 1.54) is 0 Å². The van der Waals surface area contributed by atoms with Crippen LogP contribution in [-0.4, -0.2) is 46.7 Å². The summed E-state index contributed by atoms with van der Waals surface area (Å²) in [7, 11) is 0. The number of carbonyl (C=O) groups is 3. The summed E-state index contributed by atoms with van der Waals surface area (Å²) in [5, 5.41) is 3.00. The lowest BCUT2D eigenvalue weighted by Crippen LogP contribution is -2.56. The van der Waals surface area contributed by atoms with E-state index in [0.29, 0.717) is 25.2 Å². The van der Waals surface area contributed by atoms with Crippen molar-refractivity contribution in [3.05, 3.63) is 71.3 Å². The van der Waals surface area contributed by atoms with Crippen molar-refractivity contribution in [1.82, 2.24) is 15.1 Å². The van der Waals surface area contributed by atoms with Crippen LogP contribution >= 0.6 is 0 Å². The highest BCUT2D eigenvalue weighted by atomic mass is 16.2. The van der Waals surface area contributed by atoms with Crippen LogP contribution < -0.4 is 5.32 Å². The van der Waals surface area contributed by atoms with Gasteiger partial charge >= 0.3 is 11.8 Å². The molecule has 1 N–H and O–H groups in total. The molecule has 6 nitrogen and oxygen atoms in total. The van der Waals surface area contributed by atoms with E-state index in [-0.39, 0.29) is 23.9 Å². The molecule has 4 rings (SSSR count). The zero-order valence-corrected chi connectivity index (χ0v) is 17.9. The van der Waals surface area contributed by atoms with Gasteiger partial charge < -0.3 is 15.1 Å². The summed E-state index contributed by atoms with van der Waals surface area (Å²) < 4.78 is 0. The maximum absolute atomic E-state index is 12.6. The number of carbonyl (C=O) groups excluding carboxylic acids is 3. The summed E-state index contributed by atoms with van der Waals surface area (Å²) in [5.41, 5.74) is 2.52. The van der Waals surface area contributed by atoms with E-state index in [1.807, 2.05) is 49.4 Å². The molecule has 0 bridgehead atoms. The SMILES string of the molecule is CC(NC(=O)c1ccc(CN2CCN(C3CCCC3)C(=O)C2=O)cc1)c1ccccc1. The lowest BCUT2D eigenvalue weighted by Gasteiger charge is -2.37. The second-order valence-corrected chi connectivity index (χ2v) is 8.47. The van der Waals surface area contributed by atoms with Gasteiger partial charge in [0.05, 0.1) is 6.04 Å². The van der Waals surface area contributed by atoms with Gasteiger partial charge in [-0.05, 0) is 43.0 Å². The molecule has 1 aliphatic heterocycles. The average Bonchev–Trinajstić information content (AvgIpc) is 3.33. The molecule has 0 radical (unpaired) electrons. The fourth-order valence-electron chi connectivity index (χ4n) is 4.49. The van der Waals surface area contributed by atoms with E-state index in [4.69, 9.17) is 0 Å². The Morgan fingerprint density at radius 1 is 0.968 bits per heavy atom. The maximum Gasteiger partial charge on any atom is 0.312 e. The Morgan fingerprint density at radius 2 is 1.65 bits per heavy atom. The van der Waals surface area contributed by atoms with Gasteiger partial charge in [-0.15, -0.1) is 0 Å². The minimum atomic E-state index is -0.420. The molecular weight excluding hydrogens is 390 g/mol. The van der Waals surface area contributed by atoms with Crippen LogP contribution in [0.3, 0.4) is 0 Å². The Balaban J connectivity index is 1.33. The molecule has 162 valence electrons. The first kappa shape index (κ1) is 21.1. The number of benzene rings is 2. The van der Waals surface area contributed by atoms with Crippen molar-refractivity contribution in [2.24, 2.45) is 0 Å². The highest BCUT2D eigenvalue weighted by Gasteiger charge is 2.37. The zero-order chi connectivity index (χ0) is 21.8. The molecule has 6 heteroatoms. The summed E-state index contributed by atoms with van der Waals surface area (Å²) in [6.07, 6.45) is 4.28. The number of nitrogens with zero attached hydrogens (tertiary/aromatic N) is 2. The Bertz CT molecular complexity index is 936. The van der Waals surface area contributed by atoms with Gasteiger partial charge in [0.25, 0.3) is 5.91 Å². The third-order valence-corrected chi connectivity index (χ3v) is 6.34. The summed E-state index contributed by atoms with van der Waals surface area (Å²) in [4.78, 5) is 41.1. The summed E-state index contributed by atoms with van der Waals surface area (Å²) in [5.74, 6) is -0.931. The van der Waals surface area contributed by atoms with Crippen molar-refractivity contribution >= 4 is 17.7 Å². The largest absolute Gasteiger partial charge is 0.346 e. The van der Waals surface area contributed by atoms with E-state index in [1.54, 1.807) is 21.9 Å². The van der Waals surface area contributed by atoms with Crippen LogP contribution in [0.5, 0.6) is 0 Å². The predicted octanol–water partition coefficient (Wildman–Crippen LogP) is 3.29. The van der Waals surface area contributed by atoms with Crippen LogP contribution in [0.15, 0.2) is 54.6 Å². The number of piperazine rings is 1. The van der Waals surface area contributed by atoms with Gasteiger partial charge in [-0.2, -0.15) is 0 Å². The molecule has 2 aromatic rings. The lowest BCUT2D eigenvalue weighted by atomic mass is 10.1. The normalized spacial score (nSPS) is 18.4. The van der Waals surface area contributed by atoms with Gasteiger partial charge in [-0.25, -0.2) is 0 Å². The number of nitrogens with one attached hydrogen (secondary N) is 1. The van der Waals surface area contributed by atoms with E-state index >= 15 is 0 Å². The minimum Gasteiger partial charge on any atom is -0.346 e. The van der Waals surface area contributed by atoms with Crippen LogP contribution in [0, 0.1) is 0 Å². The van der Waals surface area contributed by atoms with Gasteiger partial charge in [0.1, 0.15) is 0 Å². The molecule has 1 heterocycles. The molecule has 3 amide bonds. The van der Waals surface area contributed by atoms with Gasteiger partial charge in [-0.3, -0.25) is 14.4 Å². The summed E-state index contributed by atoms with van der Waals surface area (Å²) in [6.45, 7) is 3.49. The van der Waals surface area contributed by atoms with Crippen LogP contribution in [0.4, 0.5) is 0 Å². The quantitative estimate of drug-likeness (QED) is 0.731. The molecule has 1 atom stereocenters. The second kappa shape index (κ2) is 9.33. The Morgan fingerprint density at radius 3 is 2.32 bits per heavy atom. The van der Waals surface area contributed by atoms with Gasteiger partial charge in [0.15, 0.2) is 0 Å². The first-order valence-corrected chi connectivity index (χ1v) is 11.1. The van der Waals surface area contributed by atoms with Crippen LogP contribution in [0.25, 0.3) is 0 Å². The Hall–Kier alpha value is -3.15. The zero-order valence-electron chi connectivity index (χ0n) is 17.9. The highest BCUT2D eigenvalue weighted by molar-refractivity contribution is 6.35. The molecule has 1 saturated heterocycles. The molecule has 2 aromatic carbocycles. The molecule has 1 unspecified atom stereocenters. The lowest BCUT2D eigenvalue weighted by molar-refractivity contribution is -0.158. The van der Waals surface area contributed by atoms with E-state index in [0.717, 1.165) is 36.8 Å². The van der Waals surface area contributed by atoms with Gasteiger partial charge in [0.2, 0.25) is 0 Å². The van der Waals surface area contributed by atoms with Crippen molar-refractivity contribution in [1.29, 1.82) is 0 Å². The third-order valence-electron chi connectivity index (χ3n) is 6.34. The number of rotatable bonds is 6. The van der Waals surface area contributed by atoms with Crippen LogP contribution in [-0.2, 0) is 16.1 Å². The molecule has 2 aliphatic rings. The topological polar surface area (TPSA) is 69.7 Å². The van der Waals surface area contributed by atoms with Crippen molar-refractivity contribution in [2.75, 3.05) is 13.1 Å². The average molecular weight is 420 g/mol. The Labute approximate surface area is 183 Å². The van der Waals surface area contributed by atoms with Gasteiger partial charge in [0, 0.05) is 31.2 Å². The molecule has 31 heavy (non-hydrogen) atoms. The molecule has 1 aliphatic carbocycles. The fraction of sp³-hybridized carbons (Fsp3) is 0.400. The number of hydrogen-bond acceptors (Lipinski definition) is 3. The van der Waals surface area contributed by atoms with Crippen molar-refractivity contribution < 1.29 is 14.4 Å². The minimum absolute atomic E-state index is 0.0897. The molecule has 0 spiro atoms. The predicted molar refractivity (Wildman–Crippen MR) is 118 cm³/mol. The number of amides is 3. The van der Waals surface area contributed by atoms with E-state index < -0.39 is 5.91 Å². The third kappa shape index (κ3) is 4.79. The second-order valence-electron chi connectivity index (χ2n) is 8.47. The Kier molecular flexibility index (Phi) is 6.35. The number of hydrogen-bond donors (Lipinski definition) is 1. The van der Waals surface area contributed by atoms with Crippen molar-refractivity contribution in [2.45, 2.75) is 51.2 Å². The fourth-order valence-corrected chi connectivity index (χ4v) is 4.49. The first-order valence-electron chi connectivity index (χ1n) is 11.1. The van der Waals surface area contributed by atoms with Crippen LogP contribution in [0.1, 0.15) is 60.1 Å². The summed E-state index contributed by atoms with van der Waals surface area (Å²) >= 11 is 0. The monoisotopic (exact) mass is 419 g/mol. The molecule has 1 saturated carbocycles. The maximum atomic E-state index is 12.6. The van der Waals surface area contributed by atoms with E-state index in [2.05, 4.69) is 5.32 Å². The standard InChI is InChI=1S/C25H29N3O3/c1-18(20-7-3-2-4-8-20)26-23(29)21-13-11-19(12-14-21)17-27-15-16-28(25(31)24(27)30)22-9-5-6-10-22/h2-4,7-8,11-14,18,22H,5-6,9-10,15-17H2,1H3,(H,26,29). The molecule has 2 fully saturated rings. The van der Waals surface area contributed by atoms with Crippen molar-refractivity contribution in [3.8, 4) is 0 Å². The van der Waals surface area contributed by atoms with Crippen molar-refractivity contribution in [3.63, 3.8) is 0 Å². The first-order chi connectivity index (χ1) is 15.0. The molecule has 0 aromatic heterocycles. The summed E-state index contributed by atoms with van der Waals surface area (Å²) in [6, 6.07) is 17.2. The van der Waals surface area contributed by atoms with Gasteiger partial charge in [-0.1, -0.05) is 55.3 Å². The highest BCUT2D eigenvalue weighted by Crippen LogP contribution is 2.25. The molecular formula is C25H29N3O3. The van der Waals surface area contributed by atoms with E-state index in [9.17, 15) is 14.4 Å².